The van der Waals surface area contributed by atoms with Crippen molar-refractivity contribution >= 4 is 17.8 Å². The number of hydrogen-bond donors (Lipinski definition) is 1. The second-order valence-corrected chi connectivity index (χ2v) is 9.40. The van der Waals surface area contributed by atoms with Crippen molar-refractivity contribution in [3.8, 4) is 0 Å². The van der Waals surface area contributed by atoms with Crippen LogP contribution in [0.1, 0.15) is 59.8 Å². The van der Waals surface area contributed by atoms with Crippen LogP contribution in [0.3, 0.4) is 0 Å². The van der Waals surface area contributed by atoms with Gasteiger partial charge in [0.1, 0.15) is 17.6 Å². The lowest BCUT2D eigenvalue weighted by Gasteiger charge is -2.39. The predicted octanol–water partition coefficient (Wildman–Crippen LogP) is 1.90. The van der Waals surface area contributed by atoms with Crippen LogP contribution in [0.2, 0.25) is 0 Å². The zero-order chi connectivity index (χ0) is 23.7. The Morgan fingerprint density at radius 3 is 2.66 bits per heavy atom. The van der Waals surface area contributed by atoms with Gasteiger partial charge in [-0.15, -0.1) is 6.58 Å². The Labute approximate surface area is 190 Å². The number of esters is 1. The first-order valence-corrected chi connectivity index (χ1v) is 12.0. The summed E-state index contributed by atoms with van der Waals surface area (Å²) >= 11 is 0. The lowest BCUT2D eigenvalue weighted by Crippen LogP contribution is -2.58. The van der Waals surface area contributed by atoms with Crippen molar-refractivity contribution in [2.24, 2.45) is 11.8 Å². The first-order valence-electron chi connectivity index (χ1n) is 12.0. The fraction of sp³-hybridized carbons (Fsp3) is 0.792. The maximum atomic E-state index is 14.0. The van der Waals surface area contributed by atoms with Crippen molar-refractivity contribution in [2.45, 2.75) is 83.1 Å². The van der Waals surface area contributed by atoms with Crippen LogP contribution in [0.25, 0.3) is 0 Å². The number of aliphatic hydroxyl groups is 1. The van der Waals surface area contributed by atoms with Gasteiger partial charge < -0.3 is 24.4 Å². The van der Waals surface area contributed by atoms with Gasteiger partial charge in [-0.25, -0.2) is 0 Å². The van der Waals surface area contributed by atoms with Crippen LogP contribution >= 0.6 is 0 Å². The standard InChI is InChI=1S/C24H38N2O6/c1-6-10-14-25(13-7-2)21(29)19-24-12-11-23(5,32-24)18(22(30)31-9-4)17(24)20(28)26(19)16(8-3)15-27/h7,16-19,27H,2,6,8-15H2,1,3-5H3/t16-,17-,18+,19?,23-,24?/m0/s1. The third-order valence-electron chi connectivity index (χ3n) is 7.51. The number of ether oxygens (including phenoxy) is 2. The monoisotopic (exact) mass is 450 g/mol. The maximum absolute atomic E-state index is 14.0. The third-order valence-corrected chi connectivity index (χ3v) is 7.51. The van der Waals surface area contributed by atoms with E-state index in [1.165, 1.54) is 4.90 Å². The molecule has 8 nitrogen and oxygen atoms in total. The van der Waals surface area contributed by atoms with E-state index in [2.05, 4.69) is 13.5 Å². The Morgan fingerprint density at radius 2 is 2.09 bits per heavy atom. The average Bonchev–Trinajstić information content (AvgIpc) is 3.33. The Bertz CT molecular complexity index is 753. The van der Waals surface area contributed by atoms with Crippen LogP contribution in [0.5, 0.6) is 0 Å². The van der Waals surface area contributed by atoms with E-state index in [-0.39, 0.29) is 25.0 Å². The minimum Gasteiger partial charge on any atom is -0.466 e. The molecule has 0 saturated carbocycles. The second-order valence-electron chi connectivity index (χ2n) is 9.40. The Hall–Kier alpha value is -1.93. The average molecular weight is 451 g/mol. The summed E-state index contributed by atoms with van der Waals surface area (Å²) in [5.74, 6) is -2.49. The van der Waals surface area contributed by atoms with Crippen molar-refractivity contribution in [3.63, 3.8) is 0 Å². The lowest BCUT2D eigenvalue weighted by molar-refractivity contribution is -0.161. The Morgan fingerprint density at radius 1 is 1.38 bits per heavy atom. The maximum Gasteiger partial charge on any atom is 0.312 e. The molecule has 3 fully saturated rings. The molecule has 2 bridgehead atoms. The molecule has 2 amide bonds. The summed E-state index contributed by atoms with van der Waals surface area (Å²) in [6, 6.07) is -1.40. The number of unbranched alkanes of at least 4 members (excludes halogenated alkanes) is 1. The quantitative estimate of drug-likeness (QED) is 0.382. The number of nitrogens with zero attached hydrogens (tertiary/aromatic N) is 2. The topological polar surface area (TPSA) is 96.4 Å². The van der Waals surface area contributed by atoms with Gasteiger partial charge in [0.05, 0.1) is 30.8 Å². The zero-order valence-electron chi connectivity index (χ0n) is 19.8. The van der Waals surface area contributed by atoms with Crippen LogP contribution in [0.4, 0.5) is 0 Å². The van der Waals surface area contributed by atoms with Gasteiger partial charge in [0, 0.05) is 13.1 Å². The van der Waals surface area contributed by atoms with Crippen molar-refractivity contribution in [1.29, 1.82) is 0 Å². The molecule has 2 unspecified atom stereocenters. The molecule has 8 heteroatoms. The van der Waals surface area contributed by atoms with Gasteiger partial charge in [0.25, 0.3) is 0 Å². The van der Waals surface area contributed by atoms with E-state index in [0.717, 1.165) is 12.8 Å². The highest BCUT2D eigenvalue weighted by Crippen LogP contribution is 2.63. The number of hydrogen-bond acceptors (Lipinski definition) is 6. The van der Waals surface area contributed by atoms with Crippen molar-refractivity contribution in [1.82, 2.24) is 9.80 Å². The van der Waals surface area contributed by atoms with Gasteiger partial charge >= 0.3 is 5.97 Å². The summed E-state index contributed by atoms with van der Waals surface area (Å²) in [6.07, 6.45) is 5.02. The van der Waals surface area contributed by atoms with E-state index >= 15 is 0 Å². The molecule has 3 heterocycles. The molecule has 0 aromatic rings. The van der Waals surface area contributed by atoms with Crippen LogP contribution in [0, 0.1) is 11.8 Å². The molecule has 3 aliphatic rings. The molecule has 1 spiro atoms. The molecular formula is C24H38N2O6. The molecule has 0 aliphatic carbocycles. The number of likely N-dealkylation sites (tertiary alicyclic amines) is 1. The molecule has 1 N–H and O–H groups in total. The highest BCUT2D eigenvalue weighted by molar-refractivity contribution is 5.98. The minimum absolute atomic E-state index is 0.199. The van der Waals surface area contributed by atoms with Crippen LogP contribution < -0.4 is 0 Å². The van der Waals surface area contributed by atoms with Gasteiger partial charge in [-0.05, 0) is 39.5 Å². The second kappa shape index (κ2) is 9.51. The van der Waals surface area contributed by atoms with Gasteiger partial charge in [-0.2, -0.15) is 0 Å². The normalized spacial score (nSPS) is 33.8. The fourth-order valence-electron chi connectivity index (χ4n) is 6.01. The molecule has 3 aliphatic heterocycles. The zero-order valence-corrected chi connectivity index (χ0v) is 19.8. The highest BCUT2D eigenvalue weighted by atomic mass is 16.6. The molecule has 6 atom stereocenters. The van der Waals surface area contributed by atoms with E-state index in [4.69, 9.17) is 9.47 Å². The molecule has 0 aromatic heterocycles. The van der Waals surface area contributed by atoms with Gasteiger partial charge in [-0.1, -0.05) is 26.3 Å². The van der Waals surface area contributed by atoms with E-state index in [1.54, 1.807) is 17.9 Å². The first kappa shape index (κ1) is 24.7. The third kappa shape index (κ3) is 3.65. The lowest BCUT2D eigenvalue weighted by atomic mass is 9.66. The predicted molar refractivity (Wildman–Crippen MR) is 119 cm³/mol. The molecular weight excluding hydrogens is 412 g/mol. The van der Waals surface area contributed by atoms with E-state index in [0.29, 0.717) is 32.4 Å². The largest absolute Gasteiger partial charge is 0.466 e. The van der Waals surface area contributed by atoms with Crippen LogP contribution in [-0.4, -0.2) is 82.3 Å². The van der Waals surface area contributed by atoms with E-state index < -0.39 is 41.1 Å². The summed E-state index contributed by atoms with van der Waals surface area (Å²) in [7, 11) is 0. The number of amides is 2. The van der Waals surface area contributed by atoms with Crippen LogP contribution in [-0.2, 0) is 23.9 Å². The van der Waals surface area contributed by atoms with Gasteiger partial charge in [-0.3, -0.25) is 14.4 Å². The van der Waals surface area contributed by atoms with Gasteiger partial charge in [0.2, 0.25) is 11.8 Å². The smallest absolute Gasteiger partial charge is 0.312 e. The van der Waals surface area contributed by atoms with Gasteiger partial charge in [0.15, 0.2) is 0 Å². The van der Waals surface area contributed by atoms with Crippen molar-refractivity contribution in [2.75, 3.05) is 26.3 Å². The summed E-state index contributed by atoms with van der Waals surface area (Å²) in [5, 5.41) is 10.1. The molecule has 180 valence electrons. The van der Waals surface area contributed by atoms with Crippen molar-refractivity contribution in [3.05, 3.63) is 12.7 Å². The summed E-state index contributed by atoms with van der Waals surface area (Å²) in [6.45, 7) is 12.2. The van der Waals surface area contributed by atoms with Crippen LogP contribution in [0.15, 0.2) is 12.7 Å². The van der Waals surface area contributed by atoms with E-state index in [9.17, 15) is 19.5 Å². The summed E-state index contributed by atoms with van der Waals surface area (Å²) in [5.41, 5.74) is -1.93. The molecule has 3 saturated heterocycles. The number of carbonyl (C=O) groups is 3. The molecule has 3 rings (SSSR count). The number of rotatable bonds is 11. The first-order chi connectivity index (χ1) is 15.3. The minimum atomic E-state index is -1.09. The van der Waals surface area contributed by atoms with E-state index in [1.807, 2.05) is 13.8 Å². The SMILES string of the molecule is C=CCN(CCCC)C(=O)C1N([C@@H](CC)CO)C(=O)[C@@H]2[C@H](C(=O)OCC)[C@]3(C)CCC12O3. The fourth-order valence-corrected chi connectivity index (χ4v) is 6.01. The Balaban J connectivity index is 2.09. The number of fused-ring (bicyclic) bond motifs is 1. The highest BCUT2D eigenvalue weighted by Gasteiger charge is 2.79. The summed E-state index contributed by atoms with van der Waals surface area (Å²) in [4.78, 5) is 44.0. The number of aliphatic hydroxyl groups excluding tert-OH is 1. The van der Waals surface area contributed by atoms with Crippen molar-refractivity contribution < 1.29 is 29.0 Å². The molecule has 0 radical (unpaired) electrons. The molecule has 0 aromatic carbocycles. The molecule has 32 heavy (non-hydrogen) atoms. The summed E-state index contributed by atoms with van der Waals surface area (Å²) < 4.78 is 11.9. The number of carbonyl (C=O) groups excluding carboxylic acids is 3. The Kier molecular flexibility index (Phi) is 7.34.